The molecule has 2 aromatic carbocycles. The first-order valence-electron chi connectivity index (χ1n) is 8.17. The van der Waals surface area contributed by atoms with Crippen LogP contribution in [0, 0.1) is 0 Å². The number of thiocarbonyl (C=S) groups is 1. The van der Waals surface area contributed by atoms with E-state index in [4.69, 9.17) is 79.7 Å². The number of amides is 1. The van der Waals surface area contributed by atoms with Crippen LogP contribution in [0.4, 0.5) is 5.69 Å². The summed E-state index contributed by atoms with van der Waals surface area (Å²) in [6, 6.07) is 9.41. The average molecular weight is 532 g/mol. The lowest BCUT2D eigenvalue weighted by Gasteiger charge is -2.28. The summed E-state index contributed by atoms with van der Waals surface area (Å²) in [4.78, 5) is 12.7. The lowest BCUT2D eigenvalue weighted by molar-refractivity contribution is 0.0934. The molecule has 0 bridgehead atoms. The topological polar surface area (TPSA) is 71.6 Å². The zero-order valence-corrected chi connectivity index (χ0v) is 20.2. The molecule has 0 fully saturated rings. The van der Waals surface area contributed by atoms with Gasteiger partial charge in [-0.1, -0.05) is 58.0 Å². The third-order valence-electron chi connectivity index (χ3n) is 3.70. The van der Waals surface area contributed by atoms with Crippen molar-refractivity contribution in [2.75, 3.05) is 19.5 Å². The number of carbonyl (C=O) groups excluding carboxylic acids is 1. The van der Waals surface area contributed by atoms with Crippen molar-refractivity contribution in [1.82, 2.24) is 10.6 Å². The van der Waals surface area contributed by atoms with E-state index in [1.54, 1.807) is 24.3 Å². The second kappa shape index (κ2) is 10.8. The predicted octanol–water partition coefficient (Wildman–Crippen LogP) is 5.42. The summed E-state index contributed by atoms with van der Waals surface area (Å²) in [6.45, 7) is 0. The van der Waals surface area contributed by atoms with Gasteiger partial charge in [0.15, 0.2) is 16.6 Å². The first-order valence-corrected chi connectivity index (χ1v) is 10.5. The van der Waals surface area contributed by atoms with Gasteiger partial charge in [-0.25, -0.2) is 0 Å². The highest BCUT2D eigenvalue weighted by atomic mass is 35.6. The number of benzene rings is 2. The van der Waals surface area contributed by atoms with E-state index in [0.29, 0.717) is 27.2 Å². The van der Waals surface area contributed by atoms with Gasteiger partial charge in [0.25, 0.3) is 5.91 Å². The van der Waals surface area contributed by atoms with Crippen LogP contribution >= 0.6 is 70.2 Å². The molecular weight excluding hydrogens is 516 g/mol. The van der Waals surface area contributed by atoms with Gasteiger partial charge >= 0.3 is 0 Å². The maximum absolute atomic E-state index is 12.7. The lowest BCUT2D eigenvalue weighted by Crippen LogP contribution is -2.56. The molecule has 0 aliphatic heterocycles. The fraction of sp³-hybridized carbons (Fsp3) is 0.222. The molecule has 1 atom stereocenters. The standard InChI is InChI=1S/C18H16Cl5N3O3S/c1-28-13-6-3-9(7-14(13)29-2)15(27)25-16(18(21,22)23)26-17(30)24-12-8-10(19)4-5-11(12)20/h3-8,16H,1-2H3,(H,25,27)(H2,24,26,30). The number of methoxy groups -OCH3 is 2. The Bertz CT molecular complexity index is 940. The number of alkyl halides is 3. The fourth-order valence-electron chi connectivity index (χ4n) is 2.27. The molecule has 30 heavy (non-hydrogen) atoms. The van der Waals surface area contributed by atoms with E-state index in [9.17, 15) is 4.79 Å². The summed E-state index contributed by atoms with van der Waals surface area (Å²) in [6.07, 6.45) is -1.18. The molecule has 2 aromatic rings. The summed E-state index contributed by atoms with van der Waals surface area (Å²) in [7, 11) is 2.94. The van der Waals surface area contributed by atoms with Crippen LogP contribution in [0.25, 0.3) is 0 Å². The Kier molecular flexibility index (Phi) is 8.97. The van der Waals surface area contributed by atoms with Gasteiger partial charge in [-0.2, -0.15) is 0 Å². The van der Waals surface area contributed by atoms with Crippen LogP contribution < -0.4 is 25.4 Å². The summed E-state index contributed by atoms with van der Waals surface area (Å²) in [5.41, 5.74) is 0.696. The van der Waals surface area contributed by atoms with E-state index in [2.05, 4.69) is 16.0 Å². The molecule has 0 saturated carbocycles. The minimum absolute atomic E-state index is 0.0445. The van der Waals surface area contributed by atoms with Crippen molar-refractivity contribution < 1.29 is 14.3 Å². The summed E-state index contributed by atoms with van der Waals surface area (Å²) < 4.78 is 8.42. The minimum Gasteiger partial charge on any atom is -0.493 e. The average Bonchev–Trinajstić information content (AvgIpc) is 2.68. The summed E-state index contributed by atoms with van der Waals surface area (Å²) >= 11 is 35.3. The number of rotatable bonds is 6. The number of hydrogen-bond donors (Lipinski definition) is 3. The maximum Gasteiger partial charge on any atom is 0.253 e. The normalized spacial score (nSPS) is 12.0. The van der Waals surface area contributed by atoms with Crippen LogP contribution in [-0.4, -0.2) is 35.2 Å². The van der Waals surface area contributed by atoms with Gasteiger partial charge in [0.2, 0.25) is 3.79 Å². The highest BCUT2D eigenvalue weighted by Gasteiger charge is 2.35. The summed E-state index contributed by atoms with van der Waals surface area (Å²) in [5.74, 6) is 0.300. The third kappa shape index (κ3) is 6.83. The third-order valence-corrected chi connectivity index (χ3v) is 5.14. The van der Waals surface area contributed by atoms with Gasteiger partial charge in [0, 0.05) is 10.6 Å². The second-order valence-corrected chi connectivity index (χ2v) is 9.36. The van der Waals surface area contributed by atoms with Crippen LogP contribution in [0.3, 0.4) is 0 Å². The zero-order valence-electron chi connectivity index (χ0n) is 15.6. The van der Waals surface area contributed by atoms with E-state index in [1.165, 1.54) is 26.4 Å². The lowest BCUT2D eigenvalue weighted by atomic mass is 10.2. The van der Waals surface area contributed by atoms with E-state index in [0.717, 1.165) is 0 Å². The first-order chi connectivity index (χ1) is 14.0. The molecule has 0 radical (unpaired) electrons. The van der Waals surface area contributed by atoms with E-state index < -0.39 is 15.9 Å². The highest BCUT2D eigenvalue weighted by Crippen LogP contribution is 2.31. The van der Waals surface area contributed by atoms with E-state index in [-0.39, 0.29) is 10.7 Å². The van der Waals surface area contributed by atoms with Crippen LogP contribution in [0.5, 0.6) is 11.5 Å². The Hall–Kier alpha value is -1.35. The molecule has 3 N–H and O–H groups in total. The first kappa shape index (κ1) is 24.9. The Balaban J connectivity index is 2.15. The quantitative estimate of drug-likeness (QED) is 0.263. The number of hydrogen-bond acceptors (Lipinski definition) is 4. The molecule has 12 heteroatoms. The monoisotopic (exact) mass is 529 g/mol. The van der Waals surface area contributed by atoms with Crippen molar-refractivity contribution in [3.63, 3.8) is 0 Å². The van der Waals surface area contributed by atoms with E-state index in [1.807, 2.05) is 0 Å². The smallest absolute Gasteiger partial charge is 0.253 e. The SMILES string of the molecule is COc1ccc(C(=O)NC(NC(=S)Nc2cc(Cl)ccc2Cl)C(Cl)(Cl)Cl)cc1OC. The Morgan fingerprint density at radius 3 is 2.27 bits per heavy atom. The van der Waals surface area contributed by atoms with Crippen molar-refractivity contribution in [2.24, 2.45) is 0 Å². The van der Waals surface area contributed by atoms with Crippen molar-refractivity contribution in [1.29, 1.82) is 0 Å². The molecule has 0 aliphatic rings. The molecule has 0 aromatic heterocycles. The molecule has 2 rings (SSSR count). The number of carbonyl (C=O) groups is 1. The van der Waals surface area contributed by atoms with Crippen LogP contribution in [0.2, 0.25) is 10.0 Å². The molecule has 0 spiro atoms. The minimum atomic E-state index is -1.93. The van der Waals surface area contributed by atoms with Crippen molar-refractivity contribution in [2.45, 2.75) is 9.96 Å². The molecule has 1 amide bonds. The number of nitrogens with one attached hydrogen (secondary N) is 3. The molecule has 162 valence electrons. The number of halogens is 5. The largest absolute Gasteiger partial charge is 0.493 e. The van der Waals surface area contributed by atoms with Crippen molar-refractivity contribution in [3.05, 3.63) is 52.0 Å². The fourth-order valence-corrected chi connectivity index (χ4v) is 3.17. The van der Waals surface area contributed by atoms with Crippen LogP contribution in [0.15, 0.2) is 36.4 Å². The molecule has 6 nitrogen and oxygen atoms in total. The number of ether oxygens (including phenoxy) is 2. The van der Waals surface area contributed by atoms with Gasteiger partial charge in [-0.15, -0.1) is 0 Å². The molecule has 0 saturated heterocycles. The number of anilines is 1. The van der Waals surface area contributed by atoms with Crippen molar-refractivity contribution >= 4 is 86.9 Å². The van der Waals surface area contributed by atoms with Crippen molar-refractivity contribution in [3.8, 4) is 11.5 Å². The zero-order chi connectivity index (χ0) is 22.5. The second-order valence-electron chi connectivity index (χ2n) is 5.74. The summed E-state index contributed by atoms with van der Waals surface area (Å²) in [5, 5.41) is 9.03. The molecular formula is C18H16Cl5N3O3S. The van der Waals surface area contributed by atoms with Crippen LogP contribution in [0.1, 0.15) is 10.4 Å². The van der Waals surface area contributed by atoms with E-state index >= 15 is 0 Å². The molecule has 0 heterocycles. The molecule has 1 unspecified atom stereocenters. The van der Waals surface area contributed by atoms with Gasteiger partial charge in [0.1, 0.15) is 6.17 Å². The van der Waals surface area contributed by atoms with Crippen LogP contribution in [-0.2, 0) is 0 Å². The van der Waals surface area contributed by atoms with Gasteiger partial charge < -0.3 is 25.4 Å². The Morgan fingerprint density at radius 2 is 1.67 bits per heavy atom. The van der Waals surface area contributed by atoms with Gasteiger partial charge in [-0.05, 0) is 48.6 Å². The van der Waals surface area contributed by atoms with Gasteiger partial charge in [0.05, 0.1) is 24.9 Å². The molecule has 0 aliphatic carbocycles. The van der Waals surface area contributed by atoms with Gasteiger partial charge in [-0.3, -0.25) is 4.79 Å². The Labute approximate surface area is 204 Å². The Morgan fingerprint density at radius 1 is 1.00 bits per heavy atom. The predicted molar refractivity (Wildman–Crippen MR) is 127 cm³/mol. The highest BCUT2D eigenvalue weighted by molar-refractivity contribution is 7.80. The maximum atomic E-state index is 12.7.